The lowest BCUT2D eigenvalue weighted by atomic mass is 9.74. The monoisotopic (exact) mass is 271 g/mol. The van der Waals surface area contributed by atoms with E-state index in [-0.39, 0.29) is 17.2 Å². The smallest absolute Gasteiger partial charge is 0.172 e. The summed E-state index contributed by atoms with van der Waals surface area (Å²) in [7, 11) is 1.71. The summed E-state index contributed by atoms with van der Waals surface area (Å²) in [6, 6.07) is 0. The first-order chi connectivity index (χ1) is 8.88. The zero-order valence-corrected chi connectivity index (χ0v) is 13.0. The normalized spacial score (nSPS) is 36.8. The van der Waals surface area contributed by atoms with E-state index in [1.807, 2.05) is 0 Å². The maximum Gasteiger partial charge on any atom is 0.172 e. The minimum absolute atomic E-state index is 0.0340. The highest BCUT2D eigenvalue weighted by atomic mass is 16.8. The van der Waals surface area contributed by atoms with Crippen LogP contribution in [-0.4, -0.2) is 43.3 Å². The van der Waals surface area contributed by atoms with Crippen LogP contribution >= 0.6 is 0 Å². The third-order valence-corrected chi connectivity index (χ3v) is 4.54. The van der Waals surface area contributed by atoms with Crippen molar-refractivity contribution in [1.29, 1.82) is 0 Å². The van der Waals surface area contributed by atoms with Gasteiger partial charge in [0.15, 0.2) is 5.79 Å². The van der Waals surface area contributed by atoms with Gasteiger partial charge < -0.3 is 19.5 Å². The highest BCUT2D eigenvalue weighted by molar-refractivity contribution is 5.05. The molecule has 2 unspecified atom stereocenters. The molecule has 1 N–H and O–H groups in total. The Morgan fingerprint density at radius 3 is 2.47 bits per heavy atom. The van der Waals surface area contributed by atoms with E-state index in [0.29, 0.717) is 13.2 Å². The summed E-state index contributed by atoms with van der Waals surface area (Å²) in [5.41, 5.74) is 0.149. The Morgan fingerprint density at radius 1 is 1.21 bits per heavy atom. The number of ether oxygens (including phenoxy) is 3. The van der Waals surface area contributed by atoms with Crippen molar-refractivity contribution in [2.24, 2.45) is 0 Å². The van der Waals surface area contributed by atoms with Crippen LogP contribution in [0.3, 0.4) is 0 Å². The van der Waals surface area contributed by atoms with Crippen molar-refractivity contribution in [3.8, 4) is 0 Å². The molecule has 112 valence electrons. The molecule has 0 aromatic heterocycles. The van der Waals surface area contributed by atoms with E-state index in [4.69, 9.17) is 14.2 Å². The van der Waals surface area contributed by atoms with E-state index in [9.17, 15) is 0 Å². The first-order valence-corrected chi connectivity index (χ1v) is 7.48. The van der Waals surface area contributed by atoms with Gasteiger partial charge in [-0.3, -0.25) is 0 Å². The highest BCUT2D eigenvalue weighted by Crippen LogP contribution is 2.45. The number of hydrogen-bond donors (Lipinski definition) is 1. The quantitative estimate of drug-likeness (QED) is 0.852. The fourth-order valence-corrected chi connectivity index (χ4v) is 3.80. The lowest BCUT2D eigenvalue weighted by Gasteiger charge is -2.52. The number of hydrogen-bond acceptors (Lipinski definition) is 4. The number of piperidine rings is 1. The second-order valence-electron chi connectivity index (χ2n) is 6.77. The molecule has 2 saturated heterocycles. The van der Waals surface area contributed by atoms with Gasteiger partial charge in [0.05, 0.1) is 13.2 Å². The first-order valence-electron chi connectivity index (χ1n) is 7.48. The van der Waals surface area contributed by atoms with Gasteiger partial charge in [-0.25, -0.2) is 0 Å². The van der Waals surface area contributed by atoms with Crippen LogP contribution in [0.5, 0.6) is 0 Å². The average molecular weight is 271 g/mol. The van der Waals surface area contributed by atoms with E-state index in [2.05, 4.69) is 33.0 Å². The molecule has 1 spiro atoms. The molecule has 4 nitrogen and oxygen atoms in total. The SMILES string of the molecule is CCC1(CC)CC2(CC(C)(C)N1)OCC(COC)O2. The van der Waals surface area contributed by atoms with Crippen molar-refractivity contribution in [3.63, 3.8) is 0 Å². The highest BCUT2D eigenvalue weighted by Gasteiger charge is 2.54. The van der Waals surface area contributed by atoms with Gasteiger partial charge in [-0.2, -0.15) is 0 Å². The maximum absolute atomic E-state index is 6.24. The van der Waals surface area contributed by atoms with E-state index >= 15 is 0 Å². The van der Waals surface area contributed by atoms with E-state index in [0.717, 1.165) is 25.7 Å². The van der Waals surface area contributed by atoms with Crippen LogP contribution in [0.1, 0.15) is 53.4 Å². The average Bonchev–Trinajstić information content (AvgIpc) is 2.69. The zero-order valence-electron chi connectivity index (χ0n) is 13.0. The number of rotatable bonds is 4. The van der Waals surface area contributed by atoms with Crippen LogP contribution in [0.2, 0.25) is 0 Å². The van der Waals surface area contributed by atoms with E-state index < -0.39 is 5.79 Å². The molecule has 2 aliphatic rings. The fourth-order valence-electron chi connectivity index (χ4n) is 3.80. The number of nitrogens with one attached hydrogen (secondary N) is 1. The molecule has 0 saturated carbocycles. The summed E-state index contributed by atoms with van der Waals surface area (Å²) in [4.78, 5) is 0. The van der Waals surface area contributed by atoms with Crippen LogP contribution in [0.15, 0.2) is 0 Å². The Balaban J connectivity index is 2.17. The molecular weight excluding hydrogens is 242 g/mol. The molecular formula is C15H29NO3. The molecule has 2 atom stereocenters. The molecule has 0 aliphatic carbocycles. The predicted molar refractivity (Wildman–Crippen MR) is 75.2 cm³/mol. The number of methoxy groups -OCH3 is 1. The summed E-state index contributed by atoms with van der Waals surface area (Å²) < 4.78 is 17.5. The third-order valence-electron chi connectivity index (χ3n) is 4.54. The summed E-state index contributed by atoms with van der Waals surface area (Å²) in [6.07, 6.45) is 4.08. The van der Waals surface area contributed by atoms with Crippen molar-refractivity contribution in [2.75, 3.05) is 20.3 Å². The van der Waals surface area contributed by atoms with Crippen LogP contribution in [0, 0.1) is 0 Å². The fraction of sp³-hybridized carbons (Fsp3) is 1.00. The van der Waals surface area contributed by atoms with Crippen LogP contribution in [-0.2, 0) is 14.2 Å². The molecule has 2 fully saturated rings. The predicted octanol–water partition coefficient (Wildman–Crippen LogP) is 2.47. The largest absolute Gasteiger partial charge is 0.382 e. The van der Waals surface area contributed by atoms with Gasteiger partial charge in [-0.05, 0) is 26.7 Å². The summed E-state index contributed by atoms with van der Waals surface area (Å²) in [6.45, 7) is 10.2. The minimum Gasteiger partial charge on any atom is -0.382 e. The van der Waals surface area contributed by atoms with Gasteiger partial charge in [0, 0.05) is 31.0 Å². The minimum atomic E-state index is -0.427. The summed E-state index contributed by atoms with van der Waals surface area (Å²) >= 11 is 0. The molecule has 0 amide bonds. The van der Waals surface area contributed by atoms with Crippen LogP contribution in [0.25, 0.3) is 0 Å². The Labute approximate surface area is 117 Å². The third kappa shape index (κ3) is 3.13. The van der Waals surface area contributed by atoms with Crippen molar-refractivity contribution in [1.82, 2.24) is 5.32 Å². The second-order valence-corrected chi connectivity index (χ2v) is 6.77. The zero-order chi connectivity index (χ0) is 14.1. The van der Waals surface area contributed by atoms with E-state index in [1.54, 1.807) is 7.11 Å². The van der Waals surface area contributed by atoms with E-state index in [1.165, 1.54) is 0 Å². The first kappa shape index (κ1) is 15.2. The van der Waals surface area contributed by atoms with Crippen LogP contribution < -0.4 is 5.32 Å². The second kappa shape index (κ2) is 5.32. The van der Waals surface area contributed by atoms with Crippen molar-refractivity contribution in [3.05, 3.63) is 0 Å². The van der Waals surface area contributed by atoms with Crippen LogP contribution in [0.4, 0.5) is 0 Å². The topological polar surface area (TPSA) is 39.7 Å². The lowest BCUT2D eigenvalue weighted by molar-refractivity contribution is -0.221. The van der Waals surface area contributed by atoms with Gasteiger partial charge in [0.1, 0.15) is 6.10 Å². The molecule has 2 rings (SSSR count). The lowest BCUT2D eigenvalue weighted by Crippen LogP contribution is -2.65. The molecule has 2 heterocycles. The Morgan fingerprint density at radius 2 is 1.89 bits per heavy atom. The molecule has 2 aliphatic heterocycles. The molecule has 0 bridgehead atoms. The Kier molecular flexibility index (Phi) is 4.26. The summed E-state index contributed by atoms with van der Waals surface area (Å²) in [5.74, 6) is -0.427. The van der Waals surface area contributed by atoms with Gasteiger partial charge in [-0.1, -0.05) is 13.8 Å². The molecule has 4 heteroatoms. The van der Waals surface area contributed by atoms with Gasteiger partial charge >= 0.3 is 0 Å². The summed E-state index contributed by atoms with van der Waals surface area (Å²) in [5, 5.41) is 3.81. The van der Waals surface area contributed by atoms with Crippen molar-refractivity contribution >= 4 is 0 Å². The Bertz CT molecular complexity index is 315. The Hall–Kier alpha value is -0.160. The molecule has 0 aromatic carbocycles. The van der Waals surface area contributed by atoms with Gasteiger partial charge in [0.2, 0.25) is 0 Å². The van der Waals surface area contributed by atoms with Crippen molar-refractivity contribution in [2.45, 2.75) is 76.3 Å². The standard InChI is InChI=1S/C15H29NO3/c1-6-14(7-2)11-15(10-13(3,4)16-14)18-9-12(19-15)8-17-5/h12,16H,6-11H2,1-5H3. The maximum atomic E-state index is 6.24. The van der Waals surface area contributed by atoms with Crippen molar-refractivity contribution < 1.29 is 14.2 Å². The van der Waals surface area contributed by atoms with Gasteiger partial charge in [0.25, 0.3) is 0 Å². The molecule has 0 radical (unpaired) electrons. The van der Waals surface area contributed by atoms with Gasteiger partial charge in [-0.15, -0.1) is 0 Å². The molecule has 0 aromatic rings. The molecule has 19 heavy (non-hydrogen) atoms.